The Balaban J connectivity index is 2.22. The normalized spacial score (nSPS) is 16.2. The van der Waals surface area contributed by atoms with Gasteiger partial charge in [0.05, 0.1) is 17.7 Å². The number of methoxy groups -OCH3 is 1. The molecule has 0 bridgehead atoms. The van der Waals surface area contributed by atoms with Gasteiger partial charge in [-0.2, -0.15) is 13.2 Å². The zero-order chi connectivity index (χ0) is 20.8. The third kappa shape index (κ3) is 3.32. The van der Waals surface area contributed by atoms with Crippen molar-refractivity contribution in [3.8, 4) is 0 Å². The molecular weight excluding hydrogens is 398 g/mol. The molecule has 0 spiro atoms. The van der Waals surface area contributed by atoms with Crippen LogP contribution in [0.15, 0.2) is 28.0 Å². The minimum atomic E-state index is -4.71. The smallest absolute Gasteiger partial charge is 0.416 e. The van der Waals surface area contributed by atoms with Gasteiger partial charge in [-0.3, -0.25) is 9.36 Å². The van der Waals surface area contributed by atoms with Crippen molar-refractivity contribution in [2.45, 2.75) is 37.5 Å². The van der Waals surface area contributed by atoms with Crippen LogP contribution in [0.2, 0.25) is 0 Å². The van der Waals surface area contributed by atoms with Crippen LogP contribution in [0.5, 0.6) is 0 Å². The maximum Gasteiger partial charge on any atom is 0.416 e. The third-order valence-electron chi connectivity index (χ3n) is 4.97. The summed E-state index contributed by atoms with van der Waals surface area (Å²) < 4.78 is 60.5. The number of esters is 1. The summed E-state index contributed by atoms with van der Waals surface area (Å²) in [5.41, 5.74) is -0.737. The average Bonchev–Trinajstić information content (AvgIpc) is 3.07. The molecule has 3 rings (SSSR count). The monoisotopic (exact) mass is 415 g/mol. The van der Waals surface area contributed by atoms with Crippen LogP contribution in [0.3, 0.4) is 0 Å². The lowest BCUT2D eigenvalue weighted by Gasteiger charge is -2.19. The SMILES string of the molecule is COC(=O)C1CSc2c(Cc3c(F)cccc3C(F)(F)F)c(C)c(C)c(=O)n21. The summed E-state index contributed by atoms with van der Waals surface area (Å²) in [7, 11) is 1.20. The highest BCUT2D eigenvalue weighted by molar-refractivity contribution is 7.99. The highest BCUT2D eigenvalue weighted by atomic mass is 32.2. The molecule has 1 aromatic carbocycles. The second-order valence-electron chi connectivity index (χ2n) is 6.50. The van der Waals surface area contributed by atoms with Crippen LogP contribution < -0.4 is 5.56 Å². The fourth-order valence-corrected chi connectivity index (χ4v) is 4.69. The number of carbonyl (C=O) groups is 1. The van der Waals surface area contributed by atoms with E-state index in [2.05, 4.69) is 0 Å². The van der Waals surface area contributed by atoms with Gasteiger partial charge in [0.15, 0.2) is 0 Å². The summed E-state index contributed by atoms with van der Waals surface area (Å²) in [6.07, 6.45) is -5.05. The van der Waals surface area contributed by atoms with Gasteiger partial charge in [-0.1, -0.05) is 6.07 Å². The van der Waals surface area contributed by atoms with Crippen LogP contribution in [-0.4, -0.2) is 23.4 Å². The fraction of sp³-hybridized carbons (Fsp3) is 0.368. The second-order valence-corrected chi connectivity index (χ2v) is 7.51. The molecule has 1 atom stereocenters. The summed E-state index contributed by atoms with van der Waals surface area (Å²) in [5, 5.41) is 0.375. The number of rotatable bonds is 3. The lowest BCUT2D eigenvalue weighted by molar-refractivity contribution is -0.144. The molecule has 0 N–H and O–H groups in total. The van der Waals surface area contributed by atoms with Crippen LogP contribution in [0.25, 0.3) is 0 Å². The van der Waals surface area contributed by atoms with Crippen molar-refractivity contribution < 1.29 is 27.1 Å². The predicted molar refractivity (Wildman–Crippen MR) is 96.2 cm³/mol. The van der Waals surface area contributed by atoms with Gasteiger partial charge in [0.1, 0.15) is 11.9 Å². The van der Waals surface area contributed by atoms with Crippen molar-refractivity contribution >= 4 is 17.7 Å². The Morgan fingerprint density at radius 2 is 1.93 bits per heavy atom. The van der Waals surface area contributed by atoms with E-state index in [1.54, 1.807) is 6.92 Å². The quantitative estimate of drug-likeness (QED) is 0.561. The molecule has 1 aromatic heterocycles. The first-order valence-electron chi connectivity index (χ1n) is 8.37. The van der Waals surface area contributed by atoms with Gasteiger partial charge in [0, 0.05) is 23.3 Å². The molecule has 0 amide bonds. The predicted octanol–water partition coefficient (Wildman–Crippen LogP) is 4.03. The van der Waals surface area contributed by atoms with E-state index in [9.17, 15) is 27.2 Å². The lowest BCUT2D eigenvalue weighted by atomic mass is 9.95. The van der Waals surface area contributed by atoms with E-state index >= 15 is 0 Å². The molecule has 1 aliphatic rings. The zero-order valence-corrected chi connectivity index (χ0v) is 16.1. The molecule has 150 valence electrons. The molecule has 4 nitrogen and oxygen atoms in total. The number of nitrogens with zero attached hydrogens (tertiary/aromatic N) is 1. The molecule has 0 saturated carbocycles. The number of ether oxygens (including phenoxy) is 1. The van der Waals surface area contributed by atoms with E-state index in [0.29, 0.717) is 21.7 Å². The topological polar surface area (TPSA) is 48.3 Å². The highest BCUT2D eigenvalue weighted by Crippen LogP contribution is 2.40. The van der Waals surface area contributed by atoms with Gasteiger partial charge in [0.2, 0.25) is 0 Å². The first-order chi connectivity index (χ1) is 13.1. The van der Waals surface area contributed by atoms with E-state index in [1.807, 2.05) is 0 Å². The average molecular weight is 415 g/mol. The highest BCUT2D eigenvalue weighted by Gasteiger charge is 2.37. The molecule has 1 unspecified atom stereocenters. The van der Waals surface area contributed by atoms with Gasteiger partial charge in [-0.05, 0) is 37.1 Å². The Kier molecular flexibility index (Phi) is 5.31. The van der Waals surface area contributed by atoms with Crippen LogP contribution >= 0.6 is 11.8 Å². The Bertz CT molecular complexity index is 1010. The van der Waals surface area contributed by atoms with Gasteiger partial charge in [-0.25, -0.2) is 9.18 Å². The van der Waals surface area contributed by atoms with Crippen molar-refractivity contribution in [2.24, 2.45) is 0 Å². The fourth-order valence-electron chi connectivity index (χ4n) is 3.34. The zero-order valence-electron chi connectivity index (χ0n) is 15.3. The van der Waals surface area contributed by atoms with E-state index in [0.717, 1.165) is 18.2 Å². The summed E-state index contributed by atoms with van der Waals surface area (Å²) in [4.78, 5) is 24.7. The van der Waals surface area contributed by atoms with Crippen molar-refractivity contribution in [1.82, 2.24) is 4.57 Å². The number of alkyl halides is 3. The number of hydrogen-bond acceptors (Lipinski definition) is 4. The van der Waals surface area contributed by atoms with E-state index in [-0.39, 0.29) is 12.2 Å². The molecular formula is C19H17F4NO3S. The number of thioether (sulfide) groups is 1. The van der Waals surface area contributed by atoms with Gasteiger partial charge in [0.25, 0.3) is 5.56 Å². The van der Waals surface area contributed by atoms with Gasteiger partial charge >= 0.3 is 12.1 Å². The maximum atomic E-state index is 14.3. The number of fused-ring (bicyclic) bond motifs is 1. The number of carbonyl (C=O) groups excluding carboxylic acids is 1. The number of aromatic nitrogens is 1. The van der Waals surface area contributed by atoms with E-state index < -0.39 is 40.7 Å². The molecule has 28 heavy (non-hydrogen) atoms. The van der Waals surface area contributed by atoms with Gasteiger partial charge < -0.3 is 4.74 Å². The Hall–Kier alpha value is -2.29. The summed E-state index contributed by atoms with van der Waals surface area (Å²) in [6.45, 7) is 3.16. The number of benzene rings is 1. The van der Waals surface area contributed by atoms with Crippen LogP contribution in [0.1, 0.15) is 33.9 Å². The molecule has 2 heterocycles. The van der Waals surface area contributed by atoms with Crippen LogP contribution in [0.4, 0.5) is 17.6 Å². The minimum absolute atomic E-state index is 0.223. The Morgan fingerprint density at radius 3 is 2.54 bits per heavy atom. The number of pyridine rings is 1. The summed E-state index contributed by atoms with van der Waals surface area (Å²) in [6, 6.07) is 1.97. The molecule has 1 aliphatic heterocycles. The molecule has 0 aliphatic carbocycles. The van der Waals surface area contributed by atoms with E-state index in [4.69, 9.17) is 4.74 Å². The molecule has 0 fully saturated rings. The van der Waals surface area contributed by atoms with Crippen molar-refractivity contribution in [3.05, 3.63) is 62.2 Å². The Morgan fingerprint density at radius 1 is 1.25 bits per heavy atom. The second kappa shape index (κ2) is 7.27. The standard InChI is InChI=1S/C19H17F4NO3S/c1-9-10(2)16(25)24-15(18(26)27-3)8-28-17(24)11(9)7-12-13(19(21,22)23)5-4-6-14(12)20/h4-6,15H,7-8H2,1-3H3. The molecule has 2 aromatic rings. The maximum absolute atomic E-state index is 14.3. The first kappa shape index (κ1) is 20.4. The van der Waals surface area contributed by atoms with Crippen molar-refractivity contribution in [1.29, 1.82) is 0 Å². The van der Waals surface area contributed by atoms with Crippen LogP contribution in [0, 0.1) is 19.7 Å². The lowest BCUT2D eigenvalue weighted by Crippen LogP contribution is -2.32. The number of hydrogen-bond donors (Lipinski definition) is 0. The first-order valence-corrected chi connectivity index (χ1v) is 9.36. The van der Waals surface area contributed by atoms with Gasteiger partial charge in [-0.15, -0.1) is 11.8 Å². The van der Waals surface area contributed by atoms with Crippen molar-refractivity contribution in [2.75, 3.05) is 12.9 Å². The molecule has 0 saturated heterocycles. The van der Waals surface area contributed by atoms with Crippen LogP contribution in [-0.2, 0) is 22.1 Å². The van der Waals surface area contributed by atoms with E-state index in [1.165, 1.54) is 30.4 Å². The number of halogens is 4. The Labute approximate surface area is 162 Å². The minimum Gasteiger partial charge on any atom is -0.467 e. The molecule has 9 heteroatoms. The third-order valence-corrected chi connectivity index (χ3v) is 6.17. The molecule has 0 radical (unpaired) electrons. The summed E-state index contributed by atoms with van der Waals surface area (Å²) in [5.74, 6) is -1.35. The van der Waals surface area contributed by atoms with Crippen molar-refractivity contribution in [3.63, 3.8) is 0 Å². The summed E-state index contributed by atoms with van der Waals surface area (Å²) >= 11 is 1.18. The largest absolute Gasteiger partial charge is 0.467 e.